The SMILES string of the molecule is C=CCNc1cc(Nc2ccccc2Oc2ccccc2)ncn1. The maximum atomic E-state index is 5.94. The Morgan fingerprint density at radius 2 is 1.71 bits per heavy atom. The molecule has 0 saturated carbocycles. The highest BCUT2D eigenvalue weighted by Crippen LogP contribution is 2.31. The third-order valence-corrected chi connectivity index (χ3v) is 3.22. The molecule has 0 spiro atoms. The third kappa shape index (κ3) is 4.10. The number of hydrogen-bond acceptors (Lipinski definition) is 5. The Balaban J connectivity index is 1.79. The molecular weight excluding hydrogens is 300 g/mol. The van der Waals surface area contributed by atoms with E-state index in [2.05, 4.69) is 27.2 Å². The smallest absolute Gasteiger partial charge is 0.150 e. The van der Waals surface area contributed by atoms with E-state index in [9.17, 15) is 0 Å². The fourth-order valence-electron chi connectivity index (χ4n) is 2.11. The summed E-state index contributed by atoms with van der Waals surface area (Å²) in [6, 6.07) is 19.2. The van der Waals surface area contributed by atoms with E-state index >= 15 is 0 Å². The molecule has 0 amide bonds. The summed E-state index contributed by atoms with van der Waals surface area (Å²) in [5.41, 5.74) is 0.828. The van der Waals surface area contributed by atoms with Gasteiger partial charge in [-0.2, -0.15) is 0 Å². The Kier molecular flexibility index (Phi) is 5.04. The average molecular weight is 318 g/mol. The lowest BCUT2D eigenvalue weighted by atomic mass is 10.3. The second kappa shape index (κ2) is 7.78. The molecule has 0 aliphatic heterocycles. The largest absolute Gasteiger partial charge is 0.455 e. The highest BCUT2D eigenvalue weighted by Gasteiger charge is 2.06. The van der Waals surface area contributed by atoms with Crippen LogP contribution in [0.5, 0.6) is 11.5 Å². The Morgan fingerprint density at radius 3 is 2.54 bits per heavy atom. The van der Waals surface area contributed by atoms with E-state index < -0.39 is 0 Å². The number of aromatic nitrogens is 2. The van der Waals surface area contributed by atoms with Gasteiger partial charge in [0.2, 0.25) is 0 Å². The van der Waals surface area contributed by atoms with Gasteiger partial charge in [0, 0.05) is 12.6 Å². The molecule has 3 aromatic rings. The van der Waals surface area contributed by atoms with Crippen molar-refractivity contribution in [2.24, 2.45) is 0 Å². The fourth-order valence-corrected chi connectivity index (χ4v) is 2.11. The number of rotatable bonds is 7. The van der Waals surface area contributed by atoms with Gasteiger partial charge in [0.25, 0.3) is 0 Å². The average Bonchev–Trinajstić information content (AvgIpc) is 2.63. The summed E-state index contributed by atoms with van der Waals surface area (Å²) in [5, 5.41) is 6.40. The molecule has 3 rings (SSSR count). The lowest BCUT2D eigenvalue weighted by Gasteiger charge is -2.13. The van der Waals surface area contributed by atoms with Gasteiger partial charge in [-0.05, 0) is 24.3 Å². The van der Waals surface area contributed by atoms with Crippen LogP contribution in [0.25, 0.3) is 0 Å². The van der Waals surface area contributed by atoms with Crippen molar-refractivity contribution in [2.75, 3.05) is 17.2 Å². The molecule has 0 aliphatic carbocycles. The summed E-state index contributed by atoms with van der Waals surface area (Å²) < 4.78 is 5.94. The molecule has 1 aromatic heterocycles. The molecular formula is C19H18N4O. The number of benzene rings is 2. The molecule has 0 saturated heterocycles. The second-order valence-corrected chi connectivity index (χ2v) is 4.99. The first-order chi connectivity index (χ1) is 11.8. The first-order valence-electron chi connectivity index (χ1n) is 7.61. The first-order valence-corrected chi connectivity index (χ1v) is 7.61. The van der Waals surface area contributed by atoms with Gasteiger partial charge in [-0.3, -0.25) is 0 Å². The monoisotopic (exact) mass is 318 g/mol. The van der Waals surface area contributed by atoms with Crippen molar-refractivity contribution in [1.82, 2.24) is 9.97 Å². The van der Waals surface area contributed by atoms with Crippen LogP contribution in [0.3, 0.4) is 0 Å². The van der Waals surface area contributed by atoms with Crippen molar-refractivity contribution in [3.8, 4) is 11.5 Å². The number of nitrogens with one attached hydrogen (secondary N) is 2. The molecule has 5 heteroatoms. The van der Waals surface area contributed by atoms with E-state index in [4.69, 9.17) is 4.74 Å². The highest BCUT2D eigenvalue weighted by molar-refractivity contribution is 5.66. The predicted octanol–water partition coefficient (Wildman–Crippen LogP) is 4.61. The molecule has 120 valence electrons. The van der Waals surface area contributed by atoms with E-state index in [1.54, 1.807) is 6.08 Å². The van der Waals surface area contributed by atoms with Gasteiger partial charge in [0.05, 0.1) is 5.69 Å². The number of nitrogens with zero attached hydrogens (tertiary/aromatic N) is 2. The topological polar surface area (TPSA) is 59.1 Å². The zero-order chi connectivity index (χ0) is 16.6. The zero-order valence-electron chi connectivity index (χ0n) is 13.1. The van der Waals surface area contributed by atoms with Crippen LogP contribution in [0, 0.1) is 0 Å². The highest BCUT2D eigenvalue weighted by atomic mass is 16.5. The standard InChI is InChI=1S/C19H18N4O/c1-2-12-20-18-13-19(22-14-21-18)23-16-10-6-7-11-17(16)24-15-8-4-3-5-9-15/h2-11,13-14H,1,12H2,(H2,20,21,22,23). The Bertz CT molecular complexity index is 805. The normalized spacial score (nSPS) is 10.0. The first kappa shape index (κ1) is 15.6. The van der Waals surface area contributed by atoms with E-state index in [0.717, 1.165) is 23.0 Å². The van der Waals surface area contributed by atoms with Crippen molar-refractivity contribution in [2.45, 2.75) is 0 Å². The molecule has 24 heavy (non-hydrogen) atoms. The van der Waals surface area contributed by atoms with Gasteiger partial charge in [-0.1, -0.05) is 36.4 Å². The van der Waals surface area contributed by atoms with Crippen LogP contribution in [-0.2, 0) is 0 Å². The van der Waals surface area contributed by atoms with Crippen LogP contribution in [-0.4, -0.2) is 16.5 Å². The van der Waals surface area contributed by atoms with Gasteiger partial charge in [0.1, 0.15) is 23.7 Å². The zero-order valence-corrected chi connectivity index (χ0v) is 13.1. The minimum absolute atomic E-state index is 0.643. The minimum atomic E-state index is 0.643. The molecule has 0 unspecified atom stereocenters. The molecule has 1 heterocycles. The van der Waals surface area contributed by atoms with Gasteiger partial charge in [-0.15, -0.1) is 6.58 Å². The predicted molar refractivity (Wildman–Crippen MR) is 97.0 cm³/mol. The fraction of sp³-hybridized carbons (Fsp3) is 0.0526. The molecule has 0 fully saturated rings. The second-order valence-electron chi connectivity index (χ2n) is 4.99. The summed E-state index contributed by atoms with van der Waals surface area (Å²) in [7, 11) is 0. The van der Waals surface area contributed by atoms with Crippen LogP contribution in [0.1, 0.15) is 0 Å². The molecule has 0 aliphatic rings. The van der Waals surface area contributed by atoms with Gasteiger partial charge < -0.3 is 15.4 Å². The Morgan fingerprint density at radius 1 is 0.958 bits per heavy atom. The van der Waals surface area contributed by atoms with Crippen LogP contribution >= 0.6 is 0 Å². The Hall–Kier alpha value is -3.34. The summed E-state index contributed by atoms with van der Waals surface area (Å²) in [4.78, 5) is 8.41. The number of anilines is 3. The molecule has 5 nitrogen and oxygen atoms in total. The number of para-hydroxylation sites is 3. The molecule has 0 atom stereocenters. The van der Waals surface area contributed by atoms with Gasteiger partial charge in [-0.25, -0.2) is 9.97 Å². The van der Waals surface area contributed by atoms with Crippen LogP contribution in [0.15, 0.2) is 79.6 Å². The van der Waals surface area contributed by atoms with Crippen LogP contribution in [0.4, 0.5) is 17.3 Å². The summed E-state index contributed by atoms with van der Waals surface area (Å²) in [5.74, 6) is 2.92. The van der Waals surface area contributed by atoms with E-state index in [1.807, 2.05) is 60.7 Å². The lowest BCUT2D eigenvalue weighted by molar-refractivity contribution is 0.485. The number of hydrogen-bond donors (Lipinski definition) is 2. The van der Waals surface area contributed by atoms with Crippen molar-refractivity contribution in [3.63, 3.8) is 0 Å². The maximum absolute atomic E-state index is 5.94. The molecule has 2 N–H and O–H groups in total. The van der Waals surface area contributed by atoms with Crippen molar-refractivity contribution in [3.05, 3.63) is 79.6 Å². The summed E-state index contributed by atoms with van der Waals surface area (Å²) >= 11 is 0. The van der Waals surface area contributed by atoms with Crippen LogP contribution in [0.2, 0.25) is 0 Å². The molecule has 0 radical (unpaired) electrons. The van der Waals surface area contributed by atoms with E-state index in [0.29, 0.717) is 12.4 Å². The molecule has 0 bridgehead atoms. The van der Waals surface area contributed by atoms with E-state index in [1.165, 1.54) is 6.33 Å². The summed E-state index contributed by atoms with van der Waals surface area (Å²) in [6.07, 6.45) is 3.28. The summed E-state index contributed by atoms with van der Waals surface area (Å²) in [6.45, 7) is 4.32. The van der Waals surface area contributed by atoms with Crippen molar-refractivity contribution >= 4 is 17.3 Å². The van der Waals surface area contributed by atoms with Crippen molar-refractivity contribution in [1.29, 1.82) is 0 Å². The van der Waals surface area contributed by atoms with Crippen molar-refractivity contribution < 1.29 is 4.74 Å². The lowest BCUT2D eigenvalue weighted by Crippen LogP contribution is -2.02. The minimum Gasteiger partial charge on any atom is -0.455 e. The van der Waals surface area contributed by atoms with E-state index in [-0.39, 0.29) is 0 Å². The van der Waals surface area contributed by atoms with Gasteiger partial charge in [0.15, 0.2) is 5.75 Å². The van der Waals surface area contributed by atoms with Crippen LogP contribution < -0.4 is 15.4 Å². The molecule has 2 aromatic carbocycles. The Labute approximate surface area is 141 Å². The third-order valence-electron chi connectivity index (χ3n) is 3.22. The maximum Gasteiger partial charge on any atom is 0.150 e. The quantitative estimate of drug-likeness (QED) is 0.623. The number of ether oxygens (including phenoxy) is 1. The van der Waals surface area contributed by atoms with Gasteiger partial charge >= 0.3 is 0 Å².